The van der Waals surface area contributed by atoms with Crippen LogP contribution in [0.4, 0.5) is 0 Å². The maximum absolute atomic E-state index is 13.1. The molecular formula is C91H144O17P2. The van der Waals surface area contributed by atoms with Crippen molar-refractivity contribution < 1.29 is 80.2 Å². The molecule has 19 heteroatoms. The quantitative estimate of drug-likeness (QED) is 0.0169. The van der Waals surface area contributed by atoms with E-state index in [2.05, 4.69) is 222 Å². The molecule has 0 aromatic rings. The van der Waals surface area contributed by atoms with Crippen LogP contribution in [0.1, 0.15) is 285 Å². The monoisotopic (exact) mass is 1570 g/mol. The van der Waals surface area contributed by atoms with Crippen LogP contribution in [0.3, 0.4) is 0 Å². The second-order valence-electron chi connectivity index (χ2n) is 26.5. The Hall–Kier alpha value is -6.36. The number of phosphoric acid groups is 2. The third-order valence-electron chi connectivity index (χ3n) is 16.2. The molecule has 0 aromatic carbocycles. The van der Waals surface area contributed by atoms with E-state index in [1.807, 2.05) is 12.2 Å². The van der Waals surface area contributed by atoms with Gasteiger partial charge >= 0.3 is 39.5 Å². The number of allylic oxidation sites excluding steroid dienone is 34. The highest BCUT2D eigenvalue weighted by Gasteiger charge is 2.30. The van der Waals surface area contributed by atoms with E-state index in [0.717, 1.165) is 199 Å². The predicted molar refractivity (Wildman–Crippen MR) is 454 cm³/mol. The lowest BCUT2D eigenvalue weighted by molar-refractivity contribution is -0.161. The van der Waals surface area contributed by atoms with E-state index in [9.17, 15) is 43.2 Å². The van der Waals surface area contributed by atoms with Crippen molar-refractivity contribution in [1.82, 2.24) is 0 Å². The first-order valence-electron chi connectivity index (χ1n) is 41.3. The molecular weight excluding hydrogens is 1430 g/mol. The van der Waals surface area contributed by atoms with Gasteiger partial charge in [0.1, 0.15) is 19.3 Å². The second-order valence-corrected chi connectivity index (χ2v) is 29.4. The number of hydrogen-bond acceptors (Lipinski definition) is 15. The maximum Gasteiger partial charge on any atom is 0.472 e. The van der Waals surface area contributed by atoms with Crippen molar-refractivity contribution in [2.45, 2.75) is 303 Å². The number of carbonyl (C=O) groups is 4. The van der Waals surface area contributed by atoms with Crippen molar-refractivity contribution in [3.63, 3.8) is 0 Å². The predicted octanol–water partition coefficient (Wildman–Crippen LogP) is 24.7. The average molecular weight is 1570 g/mol. The Labute approximate surface area is 665 Å². The minimum Gasteiger partial charge on any atom is -0.462 e. The summed E-state index contributed by atoms with van der Waals surface area (Å²) in [5.41, 5.74) is 0. The summed E-state index contributed by atoms with van der Waals surface area (Å²) < 4.78 is 68.6. The van der Waals surface area contributed by atoms with E-state index in [1.54, 1.807) is 0 Å². The van der Waals surface area contributed by atoms with Crippen LogP contribution < -0.4 is 0 Å². The molecule has 0 aliphatic carbocycles. The normalized spacial score (nSPS) is 14.9. The van der Waals surface area contributed by atoms with Gasteiger partial charge in [-0.1, -0.05) is 286 Å². The van der Waals surface area contributed by atoms with Crippen LogP contribution in [0.5, 0.6) is 0 Å². The molecule has 0 fully saturated rings. The van der Waals surface area contributed by atoms with Gasteiger partial charge in [-0.2, -0.15) is 0 Å². The van der Waals surface area contributed by atoms with Crippen molar-refractivity contribution in [3.8, 4) is 0 Å². The molecule has 0 rings (SSSR count). The van der Waals surface area contributed by atoms with Gasteiger partial charge < -0.3 is 33.8 Å². The van der Waals surface area contributed by atoms with Crippen LogP contribution in [-0.4, -0.2) is 96.7 Å². The highest BCUT2D eigenvalue weighted by atomic mass is 31.2. The molecule has 0 saturated carbocycles. The van der Waals surface area contributed by atoms with Crippen LogP contribution in [0, 0.1) is 0 Å². The van der Waals surface area contributed by atoms with E-state index in [4.69, 9.17) is 37.0 Å². The number of aliphatic hydroxyl groups is 1. The fourth-order valence-corrected chi connectivity index (χ4v) is 11.7. The molecule has 620 valence electrons. The molecule has 17 nitrogen and oxygen atoms in total. The maximum atomic E-state index is 13.1. The van der Waals surface area contributed by atoms with Crippen LogP contribution >= 0.6 is 15.6 Å². The molecule has 0 spiro atoms. The standard InChI is InChI=1S/C91H144O17P2/c1-5-9-13-17-21-25-29-33-37-40-42-45-48-51-55-59-63-67-71-75-88(93)101-81-86(107-90(95)77-73-69-65-61-57-53-47-36-32-28-24-20-16-12-8-4)83-105-109(97,98)103-79-85(92)80-104-110(99,100)106-84-87(108-91(96)78-74-70-66-62-58-54-50-44-39-35-31-27-23-19-15-11-7-3)82-102-89(94)76-72-68-64-60-56-52-49-46-43-41-38-34-30-26-22-18-14-10-6-2/h9-16,21-28,33-39,42-43,45-47,50-51,54-55,62,66,85-87,92H,5-8,17-20,29-32,40-41,44,48-49,52-53,56-61,63-65,67-84H2,1-4H3,(H,97,98)(H,99,100)/b13-9-,14-10-,15-11-,16-12-,25-21-,26-22-,27-23-,28-24-,37-33-,38-34-,39-35-,45-42-,46-43-,47-36-,54-50-,55-51-,66-62-. The van der Waals surface area contributed by atoms with Gasteiger partial charge in [-0.3, -0.25) is 37.3 Å². The molecule has 110 heavy (non-hydrogen) atoms. The Morgan fingerprint density at radius 3 is 0.727 bits per heavy atom. The summed E-state index contributed by atoms with van der Waals surface area (Å²) in [6.45, 7) is 4.26. The van der Waals surface area contributed by atoms with Gasteiger partial charge in [-0.05, 0) is 180 Å². The topological polar surface area (TPSA) is 237 Å². The highest BCUT2D eigenvalue weighted by molar-refractivity contribution is 7.47. The zero-order valence-corrected chi connectivity index (χ0v) is 69.6. The summed E-state index contributed by atoms with van der Waals surface area (Å²) >= 11 is 0. The molecule has 0 amide bonds. The van der Waals surface area contributed by atoms with Crippen LogP contribution in [-0.2, 0) is 65.4 Å². The van der Waals surface area contributed by atoms with E-state index >= 15 is 0 Å². The van der Waals surface area contributed by atoms with Crippen molar-refractivity contribution in [3.05, 3.63) is 207 Å². The Balaban J connectivity index is 5.50. The SMILES string of the molecule is CC/C=C\C/C=C\C/C=C\C/C=C\C/C=C\CCCCCC(=O)OCC(COP(=O)(O)OCC(O)COP(=O)(O)OCC(COC(=O)CCCCCCCC/C=C\C/C=C\C/C=C\C/C=C\CC)OC(=O)CCC/C=C\C/C=C\C/C=C\C/C=C\C/C=C\CC)OC(=O)CCCCCCC/C=C\C/C=C\C/C=C\CC. The van der Waals surface area contributed by atoms with Gasteiger partial charge in [0.2, 0.25) is 0 Å². The number of carbonyl (C=O) groups excluding carboxylic acids is 4. The summed E-state index contributed by atoms with van der Waals surface area (Å²) in [6.07, 6.45) is 101. The third-order valence-corrected chi connectivity index (χ3v) is 18.1. The Bertz CT molecular complexity index is 2900. The van der Waals surface area contributed by atoms with E-state index in [0.29, 0.717) is 32.1 Å². The molecule has 3 N–H and O–H groups in total. The largest absolute Gasteiger partial charge is 0.472 e. The van der Waals surface area contributed by atoms with Crippen molar-refractivity contribution in [2.75, 3.05) is 39.6 Å². The second kappa shape index (κ2) is 80.7. The van der Waals surface area contributed by atoms with Crippen LogP contribution in [0.15, 0.2) is 207 Å². The van der Waals surface area contributed by atoms with Gasteiger partial charge in [0, 0.05) is 25.7 Å². The van der Waals surface area contributed by atoms with Crippen molar-refractivity contribution in [2.24, 2.45) is 0 Å². The van der Waals surface area contributed by atoms with Gasteiger partial charge in [-0.25, -0.2) is 9.13 Å². The fraction of sp³-hybridized carbons (Fsp3) is 0.582. The molecule has 5 atom stereocenters. The summed E-state index contributed by atoms with van der Waals surface area (Å²) in [7, 11) is -10.0. The molecule has 0 aromatic heterocycles. The molecule has 0 bridgehead atoms. The Kier molecular flexibility index (Phi) is 76.0. The van der Waals surface area contributed by atoms with E-state index in [1.165, 1.54) is 0 Å². The number of ether oxygens (including phenoxy) is 4. The first kappa shape index (κ1) is 104. The summed E-state index contributed by atoms with van der Waals surface area (Å²) in [6, 6.07) is 0. The molecule has 0 saturated heterocycles. The lowest BCUT2D eigenvalue weighted by Crippen LogP contribution is -2.30. The van der Waals surface area contributed by atoms with Gasteiger partial charge in [0.05, 0.1) is 26.4 Å². The minimum atomic E-state index is -5.01. The number of unbranched alkanes of at least 4 members (excludes halogenated alkanes) is 15. The number of rotatable bonds is 75. The minimum absolute atomic E-state index is 0.00368. The van der Waals surface area contributed by atoms with Crippen LogP contribution in [0.2, 0.25) is 0 Å². The number of phosphoric ester groups is 2. The summed E-state index contributed by atoms with van der Waals surface area (Å²) in [5.74, 6) is -2.33. The number of aliphatic hydroxyl groups excluding tert-OH is 1. The Morgan fingerprint density at radius 1 is 0.255 bits per heavy atom. The Morgan fingerprint density at radius 2 is 0.455 bits per heavy atom. The zero-order chi connectivity index (χ0) is 80.3. The first-order valence-corrected chi connectivity index (χ1v) is 44.3. The van der Waals surface area contributed by atoms with E-state index in [-0.39, 0.29) is 25.7 Å². The van der Waals surface area contributed by atoms with Gasteiger partial charge in [0.25, 0.3) is 0 Å². The lowest BCUT2D eigenvalue weighted by Gasteiger charge is -2.21. The van der Waals surface area contributed by atoms with E-state index < -0.39 is 97.5 Å². The molecule has 0 aliphatic heterocycles. The molecule has 5 unspecified atom stereocenters. The van der Waals surface area contributed by atoms with Crippen molar-refractivity contribution >= 4 is 39.5 Å². The zero-order valence-electron chi connectivity index (χ0n) is 67.8. The molecule has 0 aliphatic rings. The molecule has 0 radical (unpaired) electrons. The smallest absolute Gasteiger partial charge is 0.462 e. The van der Waals surface area contributed by atoms with Gasteiger partial charge in [-0.15, -0.1) is 0 Å². The lowest BCUT2D eigenvalue weighted by atomic mass is 10.1. The third kappa shape index (κ3) is 79.7. The first-order chi connectivity index (χ1) is 53.7. The number of hydrogen-bond donors (Lipinski definition) is 3. The summed E-state index contributed by atoms with van der Waals surface area (Å²) in [4.78, 5) is 73.2. The van der Waals surface area contributed by atoms with Crippen molar-refractivity contribution in [1.29, 1.82) is 0 Å². The summed E-state index contributed by atoms with van der Waals surface area (Å²) in [5, 5.41) is 10.7. The van der Waals surface area contributed by atoms with Gasteiger partial charge in [0.15, 0.2) is 12.2 Å². The highest BCUT2D eigenvalue weighted by Crippen LogP contribution is 2.45. The van der Waals surface area contributed by atoms with Crippen LogP contribution in [0.25, 0.3) is 0 Å². The fourth-order valence-electron chi connectivity index (χ4n) is 10.1. The molecule has 0 heterocycles. The average Bonchev–Trinajstić information content (AvgIpc) is 0.899. The number of esters is 4.